The molecule has 1 N–H and O–H groups in total. The van der Waals surface area contributed by atoms with E-state index < -0.39 is 6.09 Å². The highest BCUT2D eigenvalue weighted by atomic mass is 32.1. The zero-order chi connectivity index (χ0) is 14.7. The van der Waals surface area contributed by atoms with Crippen LogP contribution in [0.25, 0.3) is 11.1 Å². The summed E-state index contributed by atoms with van der Waals surface area (Å²) in [5, 5.41) is 14.3. The Morgan fingerprint density at radius 2 is 2.10 bits per heavy atom. The van der Waals surface area contributed by atoms with Gasteiger partial charge < -0.3 is 4.74 Å². The van der Waals surface area contributed by atoms with Crippen LogP contribution < -0.4 is 5.32 Å². The van der Waals surface area contributed by atoms with Crippen molar-refractivity contribution in [2.75, 3.05) is 12.4 Å². The number of thiophene rings is 1. The number of aryl methyl sites for hydroxylation is 2. The first kappa shape index (κ1) is 14.1. The van der Waals surface area contributed by atoms with Crippen LogP contribution in [0.15, 0.2) is 23.6 Å². The molecule has 0 unspecified atom stereocenters. The Balaban J connectivity index is 2.51. The van der Waals surface area contributed by atoms with Gasteiger partial charge in [-0.3, -0.25) is 5.32 Å². The van der Waals surface area contributed by atoms with Crippen LogP contribution in [0.5, 0.6) is 0 Å². The molecule has 1 aromatic heterocycles. The van der Waals surface area contributed by atoms with E-state index in [1.807, 2.05) is 37.4 Å². The van der Waals surface area contributed by atoms with E-state index in [9.17, 15) is 10.1 Å². The topological polar surface area (TPSA) is 62.1 Å². The van der Waals surface area contributed by atoms with Crippen molar-refractivity contribution >= 4 is 22.4 Å². The lowest BCUT2D eigenvalue weighted by atomic mass is 9.98. The smallest absolute Gasteiger partial charge is 0.411 e. The summed E-state index contributed by atoms with van der Waals surface area (Å²) in [6.45, 7) is 4.01. The molecule has 0 aliphatic rings. The summed E-state index contributed by atoms with van der Waals surface area (Å²) in [5.41, 5.74) is 4.53. The molecule has 4 nitrogen and oxygen atoms in total. The fraction of sp³-hybridized carbons (Fsp3) is 0.200. The number of nitriles is 1. The van der Waals surface area contributed by atoms with Gasteiger partial charge in [-0.1, -0.05) is 23.8 Å². The molecule has 102 valence electrons. The van der Waals surface area contributed by atoms with E-state index in [1.165, 1.54) is 18.4 Å². The van der Waals surface area contributed by atoms with Crippen molar-refractivity contribution in [3.05, 3.63) is 40.3 Å². The largest absolute Gasteiger partial charge is 0.453 e. The summed E-state index contributed by atoms with van der Waals surface area (Å²) < 4.78 is 4.56. The van der Waals surface area contributed by atoms with Gasteiger partial charge in [-0.2, -0.15) is 5.26 Å². The Labute approximate surface area is 121 Å². The molecule has 0 aliphatic carbocycles. The molecule has 0 radical (unpaired) electrons. The normalized spacial score (nSPS) is 9.90. The minimum absolute atomic E-state index is 0.467. The first-order valence-corrected chi connectivity index (χ1v) is 6.89. The molecule has 0 spiro atoms. The lowest BCUT2D eigenvalue weighted by Crippen LogP contribution is -2.10. The molecule has 0 fully saturated rings. The van der Waals surface area contributed by atoms with Crippen molar-refractivity contribution in [3.8, 4) is 17.2 Å². The second kappa shape index (κ2) is 5.76. The molecule has 1 heterocycles. The first-order chi connectivity index (χ1) is 9.56. The van der Waals surface area contributed by atoms with E-state index in [0.717, 1.165) is 22.3 Å². The SMILES string of the molecule is COC(=O)Nc1scc(-c2cc(C)ccc2C)c1C#N. The van der Waals surface area contributed by atoms with Gasteiger partial charge in [0.2, 0.25) is 0 Å². The summed E-state index contributed by atoms with van der Waals surface area (Å²) in [5.74, 6) is 0. The fourth-order valence-electron chi connectivity index (χ4n) is 1.93. The second-order valence-corrected chi connectivity index (χ2v) is 5.28. The maximum Gasteiger partial charge on any atom is 0.411 e. The van der Waals surface area contributed by atoms with Crippen LogP contribution in [-0.4, -0.2) is 13.2 Å². The van der Waals surface area contributed by atoms with Crippen molar-refractivity contribution in [1.82, 2.24) is 0 Å². The number of nitrogens with zero attached hydrogens (tertiary/aromatic N) is 1. The van der Waals surface area contributed by atoms with Crippen molar-refractivity contribution in [1.29, 1.82) is 5.26 Å². The van der Waals surface area contributed by atoms with Gasteiger partial charge in [0, 0.05) is 10.9 Å². The van der Waals surface area contributed by atoms with Gasteiger partial charge in [0.05, 0.1) is 12.7 Å². The zero-order valence-electron chi connectivity index (χ0n) is 11.5. The summed E-state index contributed by atoms with van der Waals surface area (Å²) >= 11 is 1.32. The Morgan fingerprint density at radius 3 is 2.75 bits per heavy atom. The van der Waals surface area contributed by atoms with E-state index >= 15 is 0 Å². The third-order valence-corrected chi connectivity index (χ3v) is 3.88. The highest BCUT2D eigenvalue weighted by Gasteiger charge is 2.16. The van der Waals surface area contributed by atoms with Gasteiger partial charge in [0.1, 0.15) is 11.1 Å². The number of hydrogen-bond acceptors (Lipinski definition) is 4. The third kappa shape index (κ3) is 2.65. The lowest BCUT2D eigenvalue weighted by Gasteiger charge is -2.06. The van der Waals surface area contributed by atoms with Crippen LogP contribution >= 0.6 is 11.3 Å². The van der Waals surface area contributed by atoms with Crippen molar-refractivity contribution in [2.24, 2.45) is 0 Å². The number of amides is 1. The van der Waals surface area contributed by atoms with Crippen LogP contribution in [0.4, 0.5) is 9.80 Å². The number of anilines is 1. The lowest BCUT2D eigenvalue weighted by molar-refractivity contribution is 0.187. The number of hydrogen-bond donors (Lipinski definition) is 1. The van der Waals surface area contributed by atoms with Crippen molar-refractivity contribution < 1.29 is 9.53 Å². The number of nitrogens with one attached hydrogen (secondary N) is 1. The average molecular weight is 286 g/mol. The summed E-state index contributed by atoms with van der Waals surface area (Å²) in [4.78, 5) is 11.3. The summed E-state index contributed by atoms with van der Waals surface area (Å²) in [7, 11) is 1.29. The molecule has 5 heteroatoms. The van der Waals surface area contributed by atoms with Gasteiger partial charge in [-0.25, -0.2) is 4.79 Å². The van der Waals surface area contributed by atoms with E-state index in [0.29, 0.717) is 10.6 Å². The standard InChI is InChI=1S/C15H14N2O2S/c1-9-4-5-10(2)11(6-9)13-8-20-14(12(13)7-16)17-15(18)19-3/h4-6,8H,1-3H3,(H,17,18). The van der Waals surface area contributed by atoms with Crippen molar-refractivity contribution in [3.63, 3.8) is 0 Å². The Morgan fingerprint density at radius 1 is 1.35 bits per heavy atom. The molecule has 0 aliphatic heterocycles. The van der Waals surface area contributed by atoms with Crippen LogP contribution in [0.3, 0.4) is 0 Å². The quantitative estimate of drug-likeness (QED) is 0.904. The fourth-order valence-corrected chi connectivity index (χ4v) is 2.83. The maximum absolute atomic E-state index is 11.3. The summed E-state index contributed by atoms with van der Waals surface area (Å²) in [6.07, 6.45) is -0.573. The molecule has 20 heavy (non-hydrogen) atoms. The molecular weight excluding hydrogens is 272 g/mol. The number of ether oxygens (including phenoxy) is 1. The van der Waals surface area contributed by atoms with E-state index in [1.54, 1.807) is 0 Å². The van der Waals surface area contributed by atoms with Crippen LogP contribution in [-0.2, 0) is 4.74 Å². The van der Waals surface area contributed by atoms with Gasteiger partial charge in [-0.15, -0.1) is 11.3 Å². The summed E-state index contributed by atoms with van der Waals surface area (Å²) in [6, 6.07) is 8.26. The first-order valence-electron chi connectivity index (χ1n) is 6.01. The number of rotatable bonds is 2. The van der Waals surface area contributed by atoms with Crippen LogP contribution in [0.2, 0.25) is 0 Å². The predicted octanol–water partition coefficient (Wildman–Crippen LogP) is 4.08. The van der Waals surface area contributed by atoms with Crippen molar-refractivity contribution in [2.45, 2.75) is 13.8 Å². The predicted molar refractivity (Wildman–Crippen MR) is 80.0 cm³/mol. The van der Waals surface area contributed by atoms with Gasteiger partial charge >= 0.3 is 6.09 Å². The van der Waals surface area contributed by atoms with E-state index in [4.69, 9.17) is 0 Å². The Bertz CT molecular complexity index is 698. The second-order valence-electron chi connectivity index (χ2n) is 4.40. The maximum atomic E-state index is 11.3. The molecule has 0 atom stereocenters. The number of carbonyl (C=O) groups is 1. The van der Waals surface area contributed by atoms with E-state index in [2.05, 4.69) is 16.1 Å². The zero-order valence-corrected chi connectivity index (χ0v) is 12.3. The van der Waals surface area contributed by atoms with Gasteiger partial charge in [-0.05, 0) is 25.0 Å². The molecule has 2 rings (SSSR count). The van der Waals surface area contributed by atoms with Crippen LogP contribution in [0.1, 0.15) is 16.7 Å². The number of carbonyl (C=O) groups excluding carboxylic acids is 1. The van der Waals surface area contributed by atoms with Gasteiger partial charge in [0.25, 0.3) is 0 Å². The highest BCUT2D eigenvalue weighted by Crippen LogP contribution is 2.36. The monoisotopic (exact) mass is 286 g/mol. The van der Waals surface area contributed by atoms with Gasteiger partial charge in [0.15, 0.2) is 0 Å². The molecule has 0 bridgehead atoms. The molecular formula is C15H14N2O2S. The Kier molecular flexibility index (Phi) is 4.06. The highest BCUT2D eigenvalue weighted by molar-refractivity contribution is 7.15. The average Bonchev–Trinajstić information content (AvgIpc) is 2.83. The van der Waals surface area contributed by atoms with E-state index in [-0.39, 0.29) is 0 Å². The molecule has 0 saturated heterocycles. The molecule has 2 aromatic rings. The van der Waals surface area contributed by atoms with Crippen LogP contribution in [0, 0.1) is 25.2 Å². The number of benzene rings is 1. The third-order valence-electron chi connectivity index (χ3n) is 2.99. The molecule has 1 aromatic carbocycles. The molecule has 1 amide bonds. The Hall–Kier alpha value is -2.32. The minimum Gasteiger partial charge on any atom is -0.453 e. The molecule has 0 saturated carbocycles. The minimum atomic E-state index is -0.573. The number of methoxy groups -OCH3 is 1.